The number of amides is 1. The van der Waals surface area contributed by atoms with E-state index in [1.54, 1.807) is 12.1 Å². The van der Waals surface area contributed by atoms with Gasteiger partial charge in [0.1, 0.15) is 5.75 Å². The highest BCUT2D eigenvalue weighted by atomic mass is 32.1. The molecule has 3 aromatic rings. The van der Waals surface area contributed by atoms with Gasteiger partial charge in [-0.25, -0.2) is 0 Å². The van der Waals surface area contributed by atoms with E-state index in [9.17, 15) is 13.6 Å². The summed E-state index contributed by atoms with van der Waals surface area (Å²) < 4.78 is 29.6. The minimum Gasteiger partial charge on any atom is -0.435 e. The Bertz CT molecular complexity index is 875. The lowest BCUT2D eigenvalue weighted by Crippen LogP contribution is -2.25. The number of ether oxygens (including phenoxy) is 1. The van der Waals surface area contributed by atoms with Crippen LogP contribution >= 0.6 is 11.3 Å². The second-order valence-corrected chi connectivity index (χ2v) is 6.63. The topological polar surface area (TPSA) is 38.3 Å². The maximum Gasteiger partial charge on any atom is 0.387 e. The number of aryl methyl sites for hydroxylation is 1. The number of rotatable bonds is 6. The largest absolute Gasteiger partial charge is 0.435 e. The Morgan fingerprint density at radius 1 is 1.16 bits per heavy atom. The fourth-order valence-corrected chi connectivity index (χ4v) is 3.75. The van der Waals surface area contributed by atoms with Crippen LogP contribution in [0, 0.1) is 6.92 Å². The first-order valence-electron chi connectivity index (χ1n) is 7.84. The molecule has 0 atom stereocenters. The average Bonchev–Trinajstić information content (AvgIpc) is 2.93. The normalized spacial score (nSPS) is 11.0. The zero-order chi connectivity index (χ0) is 17.8. The van der Waals surface area contributed by atoms with Crippen LogP contribution in [0.5, 0.6) is 5.75 Å². The van der Waals surface area contributed by atoms with Gasteiger partial charge in [0.2, 0.25) is 0 Å². The molecule has 1 amide bonds. The van der Waals surface area contributed by atoms with Crippen molar-refractivity contribution in [2.24, 2.45) is 0 Å². The fourth-order valence-electron chi connectivity index (χ4n) is 2.63. The van der Waals surface area contributed by atoms with Crippen molar-refractivity contribution < 1.29 is 18.3 Å². The van der Waals surface area contributed by atoms with Gasteiger partial charge in [-0.3, -0.25) is 4.79 Å². The Hall–Kier alpha value is -2.47. The molecule has 2 aromatic carbocycles. The molecule has 25 heavy (non-hydrogen) atoms. The SMILES string of the molecule is Cc1c(C(=O)NCCc2ccc(OC(F)F)cc2)sc2ccccc12. The van der Waals surface area contributed by atoms with Gasteiger partial charge in [-0.2, -0.15) is 8.78 Å². The van der Waals surface area contributed by atoms with Gasteiger partial charge in [0, 0.05) is 11.2 Å². The molecule has 3 rings (SSSR count). The molecular formula is C19H17F2NO2S. The van der Waals surface area contributed by atoms with E-state index in [0.717, 1.165) is 26.1 Å². The zero-order valence-electron chi connectivity index (χ0n) is 13.6. The van der Waals surface area contributed by atoms with E-state index in [-0.39, 0.29) is 11.7 Å². The number of halogens is 2. The van der Waals surface area contributed by atoms with Crippen LogP contribution in [0.3, 0.4) is 0 Å². The average molecular weight is 361 g/mol. The van der Waals surface area contributed by atoms with Gasteiger partial charge in [-0.1, -0.05) is 30.3 Å². The van der Waals surface area contributed by atoms with Gasteiger partial charge in [-0.15, -0.1) is 11.3 Å². The van der Waals surface area contributed by atoms with Crippen LogP contribution in [-0.2, 0) is 6.42 Å². The van der Waals surface area contributed by atoms with Crippen LogP contribution in [0.25, 0.3) is 10.1 Å². The third-order valence-corrected chi connectivity index (χ3v) is 5.17. The summed E-state index contributed by atoms with van der Waals surface area (Å²) in [6.45, 7) is -0.397. The molecule has 0 saturated carbocycles. The minimum absolute atomic E-state index is 0.0867. The predicted molar refractivity (Wildman–Crippen MR) is 95.7 cm³/mol. The van der Waals surface area contributed by atoms with E-state index in [2.05, 4.69) is 10.1 Å². The molecule has 0 aliphatic rings. The lowest BCUT2D eigenvalue weighted by Gasteiger charge is -2.07. The van der Waals surface area contributed by atoms with Crippen molar-refractivity contribution in [2.75, 3.05) is 6.54 Å². The van der Waals surface area contributed by atoms with Crippen LogP contribution in [-0.4, -0.2) is 19.1 Å². The number of carbonyl (C=O) groups excluding carboxylic acids is 1. The lowest BCUT2D eigenvalue weighted by molar-refractivity contribution is -0.0498. The smallest absolute Gasteiger partial charge is 0.387 e. The Kier molecular flexibility index (Phi) is 5.28. The van der Waals surface area contributed by atoms with Gasteiger partial charge >= 0.3 is 6.61 Å². The van der Waals surface area contributed by atoms with E-state index in [1.165, 1.54) is 23.5 Å². The van der Waals surface area contributed by atoms with Gasteiger partial charge in [0.15, 0.2) is 0 Å². The number of benzene rings is 2. The number of carbonyl (C=O) groups is 1. The number of hydrogen-bond donors (Lipinski definition) is 1. The molecule has 1 N–H and O–H groups in total. The zero-order valence-corrected chi connectivity index (χ0v) is 14.4. The van der Waals surface area contributed by atoms with Gasteiger partial charge in [0.05, 0.1) is 4.88 Å². The van der Waals surface area contributed by atoms with E-state index in [4.69, 9.17) is 0 Å². The Balaban J connectivity index is 1.58. The lowest BCUT2D eigenvalue weighted by atomic mass is 10.1. The van der Waals surface area contributed by atoms with E-state index in [1.807, 2.05) is 31.2 Å². The molecule has 0 radical (unpaired) electrons. The number of thiophene rings is 1. The molecular weight excluding hydrogens is 344 g/mol. The van der Waals surface area contributed by atoms with Crippen LogP contribution in [0.4, 0.5) is 8.78 Å². The van der Waals surface area contributed by atoms with Gasteiger partial charge < -0.3 is 10.1 Å². The monoisotopic (exact) mass is 361 g/mol. The second-order valence-electron chi connectivity index (χ2n) is 5.58. The van der Waals surface area contributed by atoms with Gasteiger partial charge in [-0.05, 0) is 48.1 Å². The summed E-state index contributed by atoms with van der Waals surface area (Å²) in [7, 11) is 0. The van der Waals surface area contributed by atoms with E-state index < -0.39 is 6.61 Å². The quantitative estimate of drug-likeness (QED) is 0.686. The van der Waals surface area contributed by atoms with Crippen molar-refractivity contribution in [3.63, 3.8) is 0 Å². The number of nitrogens with one attached hydrogen (secondary N) is 1. The molecule has 1 heterocycles. The van der Waals surface area contributed by atoms with Crippen LogP contribution < -0.4 is 10.1 Å². The molecule has 0 saturated heterocycles. The summed E-state index contributed by atoms with van der Waals surface area (Å²) >= 11 is 1.49. The Labute approximate surface area is 148 Å². The highest BCUT2D eigenvalue weighted by Crippen LogP contribution is 2.30. The Morgan fingerprint density at radius 2 is 1.88 bits per heavy atom. The molecule has 3 nitrogen and oxygen atoms in total. The highest BCUT2D eigenvalue weighted by Gasteiger charge is 2.14. The third kappa shape index (κ3) is 4.14. The van der Waals surface area contributed by atoms with Crippen molar-refractivity contribution in [3.8, 4) is 5.75 Å². The molecule has 0 aliphatic carbocycles. The molecule has 0 fully saturated rings. The molecule has 1 aromatic heterocycles. The summed E-state index contributed by atoms with van der Waals surface area (Å²) in [5, 5.41) is 4.02. The summed E-state index contributed by atoms with van der Waals surface area (Å²) in [6, 6.07) is 14.4. The van der Waals surface area contributed by atoms with Crippen molar-refractivity contribution in [3.05, 3.63) is 64.5 Å². The second kappa shape index (κ2) is 7.61. The summed E-state index contributed by atoms with van der Waals surface area (Å²) in [5.74, 6) is 0.0417. The molecule has 0 aliphatic heterocycles. The minimum atomic E-state index is -2.82. The Morgan fingerprint density at radius 3 is 2.56 bits per heavy atom. The highest BCUT2D eigenvalue weighted by molar-refractivity contribution is 7.21. The fraction of sp³-hybridized carbons (Fsp3) is 0.211. The van der Waals surface area contributed by atoms with Crippen molar-refractivity contribution >= 4 is 27.3 Å². The molecule has 130 valence electrons. The summed E-state index contributed by atoms with van der Waals surface area (Å²) in [5.41, 5.74) is 1.93. The maximum atomic E-state index is 12.4. The van der Waals surface area contributed by atoms with Crippen molar-refractivity contribution in [2.45, 2.75) is 20.0 Å². The van der Waals surface area contributed by atoms with Gasteiger partial charge in [0.25, 0.3) is 5.91 Å². The summed E-state index contributed by atoms with van der Waals surface area (Å²) in [4.78, 5) is 13.1. The number of alkyl halides is 2. The first-order chi connectivity index (χ1) is 12.0. The number of hydrogen-bond acceptors (Lipinski definition) is 3. The predicted octanol–water partition coefficient (Wildman–Crippen LogP) is 4.78. The summed E-state index contributed by atoms with van der Waals surface area (Å²) in [6.07, 6.45) is 0.616. The maximum absolute atomic E-state index is 12.4. The first-order valence-corrected chi connectivity index (χ1v) is 8.66. The standard InChI is InChI=1S/C19H17F2NO2S/c1-12-15-4-2-3-5-16(15)25-17(12)18(23)22-11-10-13-6-8-14(9-7-13)24-19(20)21/h2-9,19H,10-11H2,1H3,(H,22,23). The molecule has 0 spiro atoms. The van der Waals surface area contributed by atoms with Crippen LogP contribution in [0.2, 0.25) is 0 Å². The third-order valence-electron chi connectivity index (χ3n) is 3.90. The van der Waals surface area contributed by atoms with Crippen molar-refractivity contribution in [1.29, 1.82) is 0 Å². The van der Waals surface area contributed by atoms with Crippen molar-refractivity contribution in [1.82, 2.24) is 5.32 Å². The molecule has 0 unspecified atom stereocenters. The first kappa shape index (κ1) is 17.4. The number of fused-ring (bicyclic) bond motifs is 1. The van der Waals surface area contributed by atoms with E-state index >= 15 is 0 Å². The van der Waals surface area contributed by atoms with Crippen LogP contribution in [0.1, 0.15) is 20.8 Å². The molecule has 0 bridgehead atoms. The van der Waals surface area contributed by atoms with Crippen LogP contribution in [0.15, 0.2) is 48.5 Å². The molecule has 6 heteroatoms. The van der Waals surface area contributed by atoms with E-state index in [0.29, 0.717) is 13.0 Å².